The zero-order chi connectivity index (χ0) is 22.1. The lowest BCUT2D eigenvalue weighted by Gasteiger charge is -2.37. The Labute approximate surface area is 197 Å². The van der Waals surface area contributed by atoms with E-state index in [0.717, 1.165) is 41.3 Å². The third-order valence-electron chi connectivity index (χ3n) is 7.03. The van der Waals surface area contributed by atoms with Crippen LogP contribution in [0.3, 0.4) is 0 Å². The van der Waals surface area contributed by atoms with Crippen LogP contribution in [0.4, 0.5) is 5.82 Å². The summed E-state index contributed by atoms with van der Waals surface area (Å²) >= 11 is 3.55. The van der Waals surface area contributed by atoms with Crippen LogP contribution >= 0.6 is 15.9 Å². The van der Waals surface area contributed by atoms with Gasteiger partial charge in [-0.05, 0) is 65.6 Å². The molecule has 7 heteroatoms. The van der Waals surface area contributed by atoms with Gasteiger partial charge in [0.25, 0.3) is 0 Å². The topological polar surface area (TPSA) is 65.7 Å². The zero-order valence-electron chi connectivity index (χ0n) is 18.3. The van der Waals surface area contributed by atoms with Crippen molar-refractivity contribution >= 4 is 27.4 Å². The van der Waals surface area contributed by atoms with Gasteiger partial charge in [0.15, 0.2) is 5.65 Å². The lowest BCUT2D eigenvalue weighted by molar-refractivity contribution is 0.213. The zero-order valence-corrected chi connectivity index (χ0v) is 19.9. The largest absolute Gasteiger partial charge is 0.507 e. The van der Waals surface area contributed by atoms with Crippen LogP contribution in [-0.2, 0) is 0 Å². The fourth-order valence-electron chi connectivity index (χ4n) is 5.08. The van der Waals surface area contributed by atoms with E-state index in [9.17, 15) is 5.11 Å². The lowest BCUT2D eigenvalue weighted by Crippen LogP contribution is -2.36. The molecule has 0 spiro atoms. The molecule has 0 radical (unpaired) electrons. The van der Waals surface area contributed by atoms with Gasteiger partial charge in [-0.1, -0.05) is 31.6 Å². The summed E-state index contributed by atoms with van der Waals surface area (Å²) in [6, 6.07) is 9.27. The number of aromatic nitrogens is 3. The first-order valence-electron chi connectivity index (χ1n) is 11.6. The maximum Gasteiger partial charge on any atom is 0.172 e. The monoisotopic (exact) mass is 495 g/mol. The molecule has 1 aliphatic carbocycles. The molecular formula is C25H30BrN5O. The van der Waals surface area contributed by atoms with Crippen LogP contribution in [0.1, 0.15) is 38.5 Å². The smallest absolute Gasteiger partial charge is 0.172 e. The predicted molar refractivity (Wildman–Crippen MR) is 132 cm³/mol. The minimum Gasteiger partial charge on any atom is -0.507 e. The Kier molecular flexibility index (Phi) is 6.09. The van der Waals surface area contributed by atoms with Crippen molar-refractivity contribution < 1.29 is 5.11 Å². The SMILES string of the molecule is C=C(C1CCCC1)N1CCC(CNc2cc(-c3ccccc3O)nc3c(Br)cnn23)CC1. The first-order valence-corrected chi connectivity index (χ1v) is 12.4. The number of fused-ring (bicyclic) bond motifs is 1. The van der Waals surface area contributed by atoms with Gasteiger partial charge in [-0.25, -0.2) is 4.98 Å². The van der Waals surface area contributed by atoms with E-state index in [1.807, 2.05) is 28.8 Å². The summed E-state index contributed by atoms with van der Waals surface area (Å²) in [4.78, 5) is 7.25. The van der Waals surface area contributed by atoms with Crippen molar-refractivity contribution in [3.63, 3.8) is 0 Å². The Hall–Kier alpha value is -2.54. The summed E-state index contributed by atoms with van der Waals surface area (Å²) in [5, 5.41) is 18.4. The molecule has 1 aromatic carbocycles. The molecule has 2 aliphatic rings. The van der Waals surface area contributed by atoms with Gasteiger partial charge in [0.2, 0.25) is 0 Å². The van der Waals surface area contributed by atoms with Crippen LogP contribution in [0.5, 0.6) is 5.75 Å². The molecule has 0 atom stereocenters. The normalized spacial score (nSPS) is 17.8. The molecule has 2 fully saturated rings. The number of allylic oxidation sites excluding steroid dienone is 1. The third-order valence-corrected chi connectivity index (χ3v) is 7.59. The average molecular weight is 496 g/mol. The van der Waals surface area contributed by atoms with Crippen LogP contribution in [0, 0.1) is 11.8 Å². The number of phenols is 1. The number of benzene rings is 1. The number of nitrogens with one attached hydrogen (secondary N) is 1. The van der Waals surface area contributed by atoms with Crippen LogP contribution in [0.25, 0.3) is 16.9 Å². The summed E-state index contributed by atoms with van der Waals surface area (Å²) < 4.78 is 2.65. The molecule has 0 amide bonds. The highest BCUT2D eigenvalue weighted by atomic mass is 79.9. The molecule has 6 nitrogen and oxygen atoms in total. The average Bonchev–Trinajstić information content (AvgIpc) is 3.48. The predicted octanol–water partition coefficient (Wildman–Crippen LogP) is 5.69. The first-order chi connectivity index (χ1) is 15.6. The maximum atomic E-state index is 10.3. The van der Waals surface area contributed by atoms with Gasteiger partial charge in [0, 0.05) is 37.0 Å². The maximum absolute atomic E-state index is 10.3. The second-order valence-corrected chi connectivity index (χ2v) is 9.91. The molecule has 32 heavy (non-hydrogen) atoms. The number of hydrogen-bond acceptors (Lipinski definition) is 5. The number of hydrogen-bond donors (Lipinski definition) is 2. The molecule has 168 valence electrons. The second-order valence-electron chi connectivity index (χ2n) is 9.06. The van der Waals surface area contributed by atoms with Gasteiger partial charge >= 0.3 is 0 Å². The Morgan fingerprint density at radius 3 is 2.66 bits per heavy atom. The van der Waals surface area contributed by atoms with E-state index in [0.29, 0.717) is 17.4 Å². The molecule has 1 saturated carbocycles. The summed E-state index contributed by atoms with van der Waals surface area (Å²) in [5.41, 5.74) is 3.54. The van der Waals surface area contributed by atoms with Gasteiger partial charge < -0.3 is 15.3 Å². The Morgan fingerprint density at radius 1 is 1.16 bits per heavy atom. The molecular weight excluding hydrogens is 466 g/mol. The van der Waals surface area contributed by atoms with E-state index in [-0.39, 0.29) is 5.75 Å². The summed E-state index contributed by atoms with van der Waals surface area (Å²) in [7, 11) is 0. The van der Waals surface area contributed by atoms with Crippen molar-refractivity contribution in [1.29, 1.82) is 0 Å². The summed E-state index contributed by atoms with van der Waals surface area (Å²) in [6.45, 7) is 7.52. The number of piperidine rings is 1. The van der Waals surface area contributed by atoms with Crippen LogP contribution in [0.2, 0.25) is 0 Å². The van der Waals surface area contributed by atoms with Gasteiger partial charge in [-0.15, -0.1) is 0 Å². The first kappa shape index (κ1) is 21.3. The highest BCUT2D eigenvalue weighted by molar-refractivity contribution is 9.10. The highest BCUT2D eigenvalue weighted by Crippen LogP contribution is 2.34. The molecule has 3 aromatic rings. The number of anilines is 1. The van der Waals surface area contributed by atoms with Crippen molar-refractivity contribution in [2.75, 3.05) is 25.0 Å². The van der Waals surface area contributed by atoms with Crippen molar-refractivity contribution in [2.45, 2.75) is 38.5 Å². The van der Waals surface area contributed by atoms with Crippen molar-refractivity contribution in [1.82, 2.24) is 19.5 Å². The number of halogens is 1. The van der Waals surface area contributed by atoms with Crippen LogP contribution in [0.15, 0.2) is 53.3 Å². The summed E-state index contributed by atoms with van der Waals surface area (Å²) in [6.07, 6.45) is 9.45. The molecule has 5 rings (SSSR count). The van der Waals surface area contributed by atoms with Crippen molar-refractivity contribution in [3.8, 4) is 17.0 Å². The van der Waals surface area contributed by atoms with Gasteiger partial charge in [0.1, 0.15) is 11.6 Å². The van der Waals surface area contributed by atoms with E-state index in [2.05, 4.69) is 37.8 Å². The molecule has 1 saturated heterocycles. The van der Waals surface area contributed by atoms with E-state index in [1.54, 1.807) is 12.3 Å². The Morgan fingerprint density at radius 2 is 1.91 bits per heavy atom. The molecule has 2 aromatic heterocycles. The molecule has 1 aliphatic heterocycles. The van der Waals surface area contributed by atoms with E-state index < -0.39 is 0 Å². The van der Waals surface area contributed by atoms with E-state index in [4.69, 9.17) is 4.98 Å². The Balaban J connectivity index is 1.28. The fourth-order valence-corrected chi connectivity index (χ4v) is 5.43. The minimum absolute atomic E-state index is 0.223. The van der Waals surface area contributed by atoms with Crippen molar-refractivity contribution in [3.05, 3.63) is 53.3 Å². The quantitative estimate of drug-likeness (QED) is 0.459. The van der Waals surface area contributed by atoms with Crippen LogP contribution < -0.4 is 5.32 Å². The number of aromatic hydroxyl groups is 1. The van der Waals surface area contributed by atoms with Gasteiger partial charge in [-0.2, -0.15) is 9.61 Å². The van der Waals surface area contributed by atoms with Crippen molar-refractivity contribution in [2.24, 2.45) is 11.8 Å². The lowest BCUT2D eigenvalue weighted by atomic mass is 9.94. The summed E-state index contributed by atoms with van der Waals surface area (Å²) in [5.74, 6) is 2.43. The number of phenolic OH excluding ortho intramolecular Hbond substituents is 1. The second kappa shape index (κ2) is 9.14. The molecule has 2 N–H and O–H groups in total. The highest BCUT2D eigenvalue weighted by Gasteiger charge is 2.26. The third kappa shape index (κ3) is 4.22. The van der Waals surface area contributed by atoms with E-state index in [1.165, 1.54) is 44.2 Å². The van der Waals surface area contributed by atoms with E-state index >= 15 is 0 Å². The molecule has 0 bridgehead atoms. The van der Waals surface area contributed by atoms with Gasteiger partial charge in [0.05, 0.1) is 16.4 Å². The standard InChI is InChI=1S/C25H30BrN5O/c1-17(19-6-2-3-7-19)30-12-10-18(11-13-30)15-27-24-14-22(20-8-4-5-9-23(20)32)29-25-21(26)16-28-31(24)25/h4-5,8-9,14,16,18-19,27,32H,1-3,6-7,10-13,15H2. The van der Waals surface area contributed by atoms with Gasteiger partial charge in [-0.3, -0.25) is 0 Å². The molecule has 3 heterocycles. The molecule has 0 unspecified atom stereocenters. The number of para-hydroxylation sites is 1. The number of nitrogens with zero attached hydrogens (tertiary/aromatic N) is 4. The minimum atomic E-state index is 0.223. The number of rotatable bonds is 6. The Bertz CT molecular complexity index is 1110. The number of likely N-dealkylation sites (tertiary alicyclic amines) is 1. The van der Waals surface area contributed by atoms with Crippen LogP contribution in [-0.4, -0.2) is 44.2 Å². The fraction of sp³-hybridized carbons (Fsp3) is 0.440.